The second-order valence-electron chi connectivity index (χ2n) is 4.08. The molecule has 0 aliphatic rings. The Morgan fingerprint density at radius 1 is 1.50 bits per heavy atom. The fourth-order valence-electron chi connectivity index (χ4n) is 1.65. The van der Waals surface area contributed by atoms with Gasteiger partial charge in [0.25, 0.3) is 0 Å². The molecular formula is C11H17F3N2O2. The van der Waals surface area contributed by atoms with Gasteiger partial charge in [0.1, 0.15) is 6.61 Å². The van der Waals surface area contributed by atoms with Gasteiger partial charge in [0, 0.05) is 18.7 Å². The van der Waals surface area contributed by atoms with Crippen molar-refractivity contribution in [3.63, 3.8) is 0 Å². The summed E-state index contributed by atoms with van der Waals surface area (Å²) in [7, 11) is 0. The molecule has 0 aliphatic heterocycles. The normalized spacial score (nSPS) is 13.9. The van der Waals surface area contributed by atoms with E-state index in [1.54, 1.807) is 10.7 Å². The molecule has 1 aromatic heterocycles. The Kier molecular flexibility index (Phi) is 5.15. The summed E-state index contributed by atoms with van der Waals surface area (Å²) in [6, 6.07) is 1.80. The van der Waals surface area contributed by atoms with Crippen molar-refractivity contribution in [1.82, 2.24) is 9.78 Å². The van der Waals surface area contributed by atoms with E-state index in [1.807, 2.05) is 13.8 Å². The first-order valence-electron chi connectivity index (χ1n) is 5.67. The Morgan fingerprint density at radius 3 is 2.72 bits per heavy atom. The van der Waals surface area contributed by atoms with Gasteiger partial charge in [-0.3, -0.25) is 4.68 Å². The van der Waals surface area contributed by atoms with Crippen molar-refractivity contribution in [3.8, 4) is 0 Å². The summed E-state index contributed by atoms with van der Waals surface area (Å²) in [5, 5.41) is 13.8. The standard InChI is InChI=1S/C11H17F3N2O2/c1-3-16-9(4-8(2)15-16)5-10(17)6-18-7-11(12,13)14/h4,10,17H,3,5-7H2,1-2H3. The van der Waals surface area contributed by atoms with Crippen LogP contribution in [0, 0.1) is 6.92 Å². The van der Waals surface area contributed by atoms with Crippen LogP contribution < -0.4 is 0 Å². The third-order valence-electron chi connectivity index (χ3n) is 2.31. The number of aliphatic hydroxyl groups is 1. The van der Waals surface area contributed by atoms with Crippen LogP contribution in [0.25, 0.3) is 0 Å². The van der Waals surface area contributed by atoms with Gasteiger partial charge in [0.15, 0.2) is 0 Å². The van der Waals surface area contributed by atoms with E-state index < -0.39 is 18.9 Å². The molecule has 7 heteroatoms. The van der Waals surface area contributed by atoms with Gasteiger partial charge < -0.3 is 9.84 Å². The molecule has 1 atom stereocenters. The number of aryl methyl sites for hydroxylation is 2. The topological polar surface area (TPSA) is 47.3 Å². The highest BCUT2D eigenvalue weighted by Crippen LogP contribution is 2.15. The maximum atomic E-state index is 11.8. The van der Waals surface area contributed by atoms with Crippen molar-refractivity contribution in [2.75, 3.05) is 13.2 Å². The fraction of sp³-hybridized carbons (Fsp3) is 0.727. The zero-order chi connectivity index (χ0) is 13.8. The predicted octanol–water partition coefficient (Wildman–Crippen LogP) is 1.69. The molecule has 4 nitrogen and oxygen atoms in total. The van der Waals surface area contributed by atoms with Gasteiger partial charge >= 0.3 is 6.18 Å². The number of nitrogens with zero attached hydrogens (tertiary/aromatic N) is 2. The highest BCUT2D eigenvalue weighted by molar-refractivity contribution is 5.09. The smallest absolute Gasteiger partial charge is 0.390 e. The van der Waals surface area contributed by atoms with Gasteiger partial charge in [0.05, 0.1) is 18.4 Å². The number of halogens is 3. The SMILES string of the molecule is CCn1nc(C)cc1CC(O)COCC(F)(F)F. The lowest BCUT2D eigenvalue weighted by atomic mass is 10.2. The number of hydrogen-bond acceptors (Lipinski definition) is 3. The molecule has 1 aromatic rings. The first kappa shape index (κ1) is 15.0. The quantitative estimate of drug-likeness (QED) is 0.852. The van der Waals surface area contributed by atoms with Gasteiger partial charge in [-0.25, -0.2) is 0 Å². The number of ether oxygens (including phenoxy) is 1. The molecule has 0 spiro atoms. The molecule has 0 amide bonds. The summed E-state index contributed by atoms with van der Waals surface area (Å²) in [5.74, 6) is 0. The van der Waals surface area contributed by atoms with Crippen LogP contribution in [0.2, 0.25) is 0 Å². The molecule has 1 N–H and O–H groups in total. The molecule has 0 fully saturated rings. The van der Waals surface area contributed by atoms with Crippen molar-refractivity contribution in [3.05, 3.63) is 17.5 Å². The van der Waals surface area contributed by atoms with Crippen LogP contribution in [-0.2, 0) is 17.7 Å². The van der Waals surface area contributed by atoms with Crippen LogP contribution in [-0.4, -0.2) is 40.4 Å². The fourth-order valence-corrected chi connectivity index (χ4v) is 1.65. The number of hydrogen-bond donors (Lipinski definition) is 1. The molecule has 0 aliphatic carbocycles. The number of alkyl halides is 3. The second kappa shape index (κ2) is 6.19. The lowest BCUT2D eigenvalue weighted by Gasteiger charge is -2.13. The lowest BCUT2D eigenvalue weighted by Crippen LogP contribution is -2.25. The summed E-state index contributed by atoms with van der Waals surface area (Å²) in [6.45, 7) is 2.70. The minimum atomic E-state index is -4.36. The summed E-state index contributed by atoms with van der Waals surface area (Å²) in [4.78, 5) is 0. The average molecular weight is 266 g/mol. The summed E-state index contributed by atoms with van der Waals surface area (Å²) in [5.41, 5.74) is 1.60. The number of aliphatic hydroxyl groups excluding tert-OH is 1. The lowest BCUT2D eigenvalue weighted by molar-refractivity contribution is -0.179. The van der Waals surface area contributed by atoms with Gasteiger partial charge in [-0.05, 0) is 19.9 Å². The minimum absolute atomic E-state index is 0.229. The molecule has 0 radical (unpaired) electrons. The van der Waals surface area contributed by atoms with E-state index in [1.165, 1.54) is 0 Å². The van der Waals surface area contributed by atoms with Crippen LogP contribution in [0.5, 0.6) is 0 Å². The largest absolute Gasteiger partial charge is 0.411 e. The van der Waals surface area contributed by atoms with E-state index in [-0.39, 0.29) is 13.0 Å². The Hall–Kier alpha value is -1.08. The molecule has 0 bridgehead atoms. The molecule has 1 unspecified atom stereocenters. The molecule has 0 aromatic carbocycles. The van der Waals surface area contributed by atoms with E-state index in [2.05, 4.69) is 9.84 Å². The van der Waals surface area contributed by atoms with E-state index in [4.69, 9.17) is 0 Å². The Labute approximate surface area is 103 Å². The monoisotopic (exact) mass is 266 g/mol. The first-order valence-corrected chi connectivity index (χ1v) is 5.67. The van der Waals surface area contributed by atoms with Crippen LogP contribution >= 0.6 is 0 Å². The third-order valence-corrected chi connectivity index (χ3v) is 2.31. The Morgan fingerprint density at radius 2 is 2.17 bits per heavy atom. The molecule has 104 valence electrons. The van der Waals surface area contributed by atoms with Crippen molar-refractivity contribution in [2.24, 2.45) is 0 Å². The molecule has 18 heavy (non-hydrogen) atoms. The predicted molar refractivity (Wildman–Crippen MR) is 59.2 cm³/mol. The van der Waals surface area contributed by atoms with Crippen LogP contribution in [0.4, 0.5) is 13.2 Å². The van der Waals surface area contributed by atoms with Crippen LogP contribution in [0.3, 0.4) is 0 Å². The molecule has 0 saturated carbocycles. The van der Waals surface area contributed by atoms with E-state index in [0.717, 1.165) is 11.4 Å². The maximum Gasteiger partial charge on any atom is 0.411 e. The molecule has 1 rings (SSSR count). The molecular weight excluding hydrogens is 249 g/mol. The number of aromatic nitrogens is 2. The van der Waals surface area contributed by atoms with E-state index in [9.17, 15) is 18.3 Å². The van der Waals surface area contributed by atoms with Crippen molar-refractivity contribution in [2.45, 2.75) is 39.1 Å². The zero-order valence-corrected chi connectivity index (χ0v) is 10.4. The maximum absolute atomic E-state index is 11.8. The van der Waals surface area contributed by atoms with Crippen LogP contribution in [0.1, 0.15) is 18.3 Å². The molecule has 1 heterocycles. The number of rotatable bonds is 6. The first-order chi connectivity index (χ1) is 8.31. The summed E-state index contributed by atoms with van der Waals surface area (Å²) >= 11 is 0. The molecule has 0 saturated heterocycles. The summed E-state index contributed by atoms with van der Waals surface area (Å²) < 4.78 is 41.6. The summed E-state index contributed by atoms with van der Waals surface area (Å²) in [6.07, 6.45) is -5.10. The Bertz CT molecular complexity index is 377. The van der Waals surface area contributed by atoms with Crippen molar-refractivity contribution in [1.29, 1.82) is 0 Å². The van der Waals surface area contributed by atoms with E-state index >= 15 is 0 Å². The highest BCUT2D eigenvalue weighted by atomic mass is 19.4. The zero-order valence-electron chi connectivity index (χ0n) is 10.4. The highest BCUT2D eigenvalue weighted by Gasteiger charge is 2.27. The second-order valence-corrected chi connectivity index (χ2v) is 4.08. The van der Waals surface area contributed by atoms with Gasteiger partial charge in [-0.1, -0.05) is 0 Å². The minimum Gasteiger partial charge on any atom is -0.390 e. The Balaban J connectivity index is 2.42. The third kappa shape index (κ3) is 5.05. The van der Waals surface area contributed by atoms with Crippen molar-refractivity contribution >= 4 is 0 Å². The van der Waals surface area contributed by atoms with E-state index in [0.29, 0.717) is 6.54 Å². The average Bonchev–Trinajstić information content (AvgIpc) is 2.56. The van der Waals surface area contributed by atoms with Gasteiger partial charge in [0.2, 0.25) is 0 Å². The van der Waals surface area contributed by atoms with Crippen molar-refractivity contribution < 1.29 is 23.0 Å². The van der Waals surface area contributed by atoms with Gasteiger partial charge in [-0.2, -0.15) is 18.3 Å². The van der Waals surface area contributed by atoms with Crippen LogP contribution in [0.15, 0.2) is 6.07 Å². The van der Waals surface area contributed by atoms with Gasteiger partial charge in [-0.15, -0.1) is 0 Å².